The molecule has 2 aromatic rings. The molecule has 2 heterocycles. The smallest absolute Gasteiger partial charge is 0.307 e. The number of benzene rings is 1. The summed E-state index contributed by atoms with van der Waals surface area (Å²) in [5, 5.41) is 12.0. The van der Waals surface area contributed by atoms with Crippen molar-refractivity contribution in [3.63, 3.8) is 0 Å². The van der Waals surface area contributed by atoms with Gasteiger partial charge in [-0.1, -0.05) is 19.9 Å². The number of nitrogens with two attached hydrogens (primary N) is 1. The van der Waals surface area contributed by atoms with Crippen molar-refractivity contribution in [1.29, 1.82) is 0 Å². The number of carboxylic acid groups (broad SMARTS) is 1. The normalized spacial score (nSPS) is 20.9. The number of aliphatic carboxylic acids is 1. The Morgan fingerprint density at radius 2 is 1.94 bits per heavy atom. The molecule has 174 valence electrons. The summed E-state index contributed by atoms with van der Waals surface area (Å²) < 4.78 is 5.90. The second-order valence-electron chi connectivity index (χ2n) is 9.05. The van der Waals surface area contributed by atoms with E-state index in [0.717, 1.165) is 6.42 Å². The van der Waals surface area contributed by atoms with Crippen LogP contribution in [0.5, 0.6) is 5.88 Å². The maximum Gasteiger partial charge on any atom is 0.307 e. The molecule has 1 saturated heterocycles. The Balaban J connectivity index is 1.52. The molecule has 3 atom stereocenters. The third-order valence-electron chi connectivity index (χ3n) is 6.23. The molecule has 0 radical (unpaired) electrons. The van der Waals surface area contributed by atoms with Gasteiger partial charge in [0.2, 0.25) is 11.8 Å². The fraction of sp³-hybridized carbons (Fsp3) is 0.417. The summed E-state index contributed by atoms with van der Waals surface area (Å²) in [6.45, 7) is 5.85. The number of hydrogen-bond donors (Lipinski definition) is 3. The average molecular weight is 453 g/mol. The van der Waals surface area contributed by atoms with Gasteiger partial charge in [-0.2, -0.15) is 4.98 Å². The summed E-state index contributed by atoms with van der Waals surface area (Å²) in [7, 11) is 0. The van der Waals surface area contributed by atoms with Crippen LogP contribution >= 0.6 is 0 Å². The van der Waals surface area contributed by atoms with E-state index in [0.29, 0.717) is 42.7 Å². The first-order valence-electron chi connectivity index (χ1n) is 11.1. The van der Waals surface area contributed by atoms with Gasteiger partial charge in [0.05, 0.1) is 12.5 Å². The summed E-state index contributed by atoms with van der Waals surface area (Å²) in [5.41, 5.74) is 6.33. The molecule has 4 N–H and O–H groups in total. The highest BCUT2D eigenvalue weighted by molar-refractivity contribution is 6.06. The standard InChI is InChI=1S/C24H28N4O5/c1-13(2)8-9-33-23-16(22(30)26-15-5-3-4-14(10-15)21(25)29)6-7-19(27-23)28-11-17-18(12-28)20(17)24(31)32/h3-7,10,13,17-18,20H,8-9,11-12H2,1-2H3,(H2,25,29)(H,26,30)(H,31,32)/t17-,18+,20?. The first-order chi connectivity index (χ1) is 15.7. The molecule has 1 saturated carbocycles. The van der Waals surface area contributed by atoms with E-state index in [9.17, 15) is 19.5 Å². The number of carboxylic acids is 1. The van der Waals surface area contributed by atoms with Crippen LogP contribution < -0.4 is 20.7 Å². The van der Waals surface area contributed by atoms with Crippen LogP contribution in [0, 0.1) is 23.7 Å². The van der Waals surface area contributed by atoms with Crippen molar-refractivity contribution in [2.24, 2.45) is 29.4 Å². The third-order valence-corrected chi connectivity index (χ3v) is 6.23. The van der Waals surface area contributed by atoms with Gasteiger partial charge in [0.25, 0.3) is 5.91 Å². The van der Waals surface area contributed by atoms with Crippen LogP contribution in [0.25, 0.3) is 0 Å². The summed E-state index contributed by atoms with van der Waals surface area (Å²) in [5.74, 6) is -0.364. The maximum absolute atomic E-state index is 13.0. The summed E-state index contributed by atoms with van der Waals surface area (Å²) >= 11 is 0. The Kier molecular flexibility index (Phi) is 6.22. The van der Waals surface area contributed by atoms with Gasteiger partial charge in [0, 0.05) is 24.3 Å². The number of carbonyl (C=O) groups excluding carboxylic acids is 2. The van der Waals surface area contributed by atoms with E-state index in [1.54, 1.807) is 30.3 Å². The Morgan fingerprint density at radius 3 is 2.58 bits per heavy atom. The number of amides is 2. The number of carbonyl (C=O) groups is 3. The lowest BCUT2D eigenvalue weighted by molar-refractivity contribution is -0.139. The fourth-order valence-electron chi connectivity index (χ4n) is 4.31. The number of hydrogen-bond acceptors (Lipinski definition) is 6. The molecule has 4 rings (SSSR count). The molecule has 1 aromatic heterocycles. The van der Waals surface area contributed by atoms with Gasteiger partial charge in [0.15, 0.2) is 0 Å². The summed E-state index contributed by atoms with van der Waals surface area (Å²) in [6, 6.07) is 9.81. The van der Waals surface area contributed by atoms with E-state index in [-0.39, 0.29) is 29.2 Å². The van der Waals surface area contributed by atoms with E-state index >= 15 is 0 Å². The molecule has 2 amide bonds. The highest BCUT2D eigenvalue weighted by Gasteiger charge is 2.60. The van der Waals surface area contributed by atoms with Crippen LogP contribution in [0.15, 0.2) is 36.4 Å². The van der Waals surface area contributed by atoms with Gasteiger partial charge in [-0.05, 0) is 54.5 Å². The van der Waals surface area contributed by atoms with Gasteiger partial charge >= 0.3 is 5.97 Å². The maximum atomic E-state index is 13.0. The number of anilines is 2. The average Bonchev–Trinajstić information content (AvgIpc) is 3.28. The van der Waals surface area contributed by atoms with Crippen molar-refractivity contribution < 1.29 is 24.2 Å². The van der Waals surface area contributed by atoms with Crippen molar-refractivity contribution >= 4 is 29.3 Å². The minimum Gasteiger partial charge on any atom is -0.481 e. The number of ether oxygens (including phenoxy) is 1. The van der Waals surface area contributed by atoms with Gasteiger partial charge in [-0.15, -0.1) is 0 Å². The predicted octanol–water partition coefficient (Wildman–Crippen LogP) is 2.62. The van der Waals surface area contributed by atoms with Crippen molar-refractivity contribution in [2.45, 2.75) is 20.3 Å². The summed E-state index contributed by atoms with van der Waals surface area (Å²) in [4.78, 5) is 42.3. The van der Waals surface area contributed by atoms with Gasteiger partial charge in [-0.25, -0.2) is 0 Å². The SMILES string of the molecule is CC(C)CCOc1nc(N2C[C@@H]3C(C(=O)O)[C@@H]3C2)ccc1C(=O)Nc1cccc(C(N)=O)c1. The van der Waals surface area contributed by atoms with E-state index in [1.807, 2.05) is 4.90 Å². The van der Waals surface area contributed by atoms with Crippen LogP contribution in [0.3, 0.4) is 0 Å². The van der Waals surface area contributed by atoms with E-state index in [4.69, 9.17) is 10.5 Å². The van der Waals surface area contributed by atoms with E-state index < -0.39 is 17.8 Å². The van der Waals surface area contributed by atoms with E-state index in [1.165, 1.54) is 6.07 Å². The molecule has 33 heavy (non-hydrogen) atoms. The van der Waals surface area contributed by atoms with Gasteiger partial charge in [-0.3, -0.25) is 14.4 Å². The Bertz CT molecular complexity index is 1070. The first-order valence-corrected chi connectivity index (χ1v) is 11.1. The number of primary amides is 1. The number of nitrogens with zero attached hydrogens (tertiary/aromatic N) is 2. The third kappa shape index (κ3) is 4.92. The first kappa shape index (κ1) is 22.6. The highest BCUT2D eigenvalue weighted by atomic mass is 16.5. The van der Waals surface area contributed by atoms with Gasteiger partial charge in [0.1, 0.15) is 11.4 Å². The zero-order chi connectivity index (χ0) is 23.7. The zero-order valence-corrected chi connectivity index (χ0v) is 18.7. The van der Waals surface area contributed by atoms with Crippen LogP contribution in [0.1, 0.15) is 41.0 Å². The lowest BCUT2D eigenvalue weighted by atomic mass is 10.1. The molecule has 2 aliphatic rings. The Labute approximate surface area is 191 Å². The summed E-state index contributed by atoms with van der Waals surface area (Å²) in [6.07, 6.45) is 0.807. The second kappa shape index (κ2) is 9.09. The molecule has 9 nitrogen and oxygen atoms in total. The van der Waals surface area contributed by atoms with E-state index in [2.05, 4.69) is 24.1 Å². The Hall–Kier alpha value is -3.62. The molecule has 1 unspecified atom stereocenters. The van der Waals surface area contributed by atoms with Crippen LogP contribution in [0.4, 0.5) is 11.5 Å². The monoisotopic (exact) mass is 452 g/mol. The van der Waals surface area contributed by atoms with Crippen LogP contribution in [-0.2, 0) is 4.79 Å². The molecule has 1 aliphatic carbocycles. The number of piperidine rings is 1. The van der Waals surface area contributed by atoms with Crippen molar-refractivity contribution in [1.82, 2.24) is 4.98 Å². The molecule has 1 aromatic carbocycles. The van der Waals surface area contributed by atoms with Crippen molar-refractivity contribution in [3.05, 3.63) is 47.5 Å². The molecule has 1 aliphatic heterocycles. The van der Waals surface area contributed by atoms with Crippen molar-refractivity contribution in [2.75, 3.05) is 29.9 Å². The lowest BCUT2D eigenvalue weighted by Crippen LogP contribution is -2.27. The fourth-order valence-corrected chi connectivity index (χ4v) is 4.31. The topological polar surface area (TPSA) is 135 Å². The minimum absolute atomic E-state index is 0.148. The molecular formula is C24H28N4O5. The minimum atomic E-state index is -0.734. The highest BCUT2D eigenvalue weighted by Crippen LogP contribution is 2.52. The zero-order valence-electron chi connectivity index (χ0n) is 18.7. The predicted molar refractivity (Wildman–Crippen MR) is 122 cm³/mol. The molecular weight excluding hydrogens is 424 g/mol. The number of fused-ring (bicyclic) bond motifs is 1. The number of nitrogens with one attached hydrogen (secondary N) is 1. The van der Waals surface area contributed by atoms with Crippen molar-refractivity contribution in [3.8, 4) is 5.88 Å². The molecule has 0 bridgehead atoms. The quantitative estimate of drug-likeness (QED) is 0.532. The molecule has 2 fully saturated rings. The van der Waals surface area contributed by atoms with Gasteiger partial charge < -0.3 is 25.8 Å². The number of rotatable bonds is 9. The van der Waals surface area contributed by atoms with Crippen LogP contribution in [0.2, 0.25) is 0 Å². The number of pyridine rings is 1. The Morgan fingerprint density at radius 1 is 1.21 bits per heavy atom. The second-order valence-corrected chi connectivity index (χ2v) is 9.05. The molecule has 0 spiro atoms. The molecule has 9 heteroatoms. The number of aromatic nitrogens is 1. The largest absolute Gasteiger partial charge is 0.481 e. The lowest BCUT2D eigenvalue weighted by Gasteiger charge is -2.22. The van der Waals surface area contributed by atoms with Crippen LogP contribution in [-0.4, -0.2) is 47.6 Å².